The Morgan fingerprint density at radius 2 is 1.62 bits per heavy atom. The molecule has 77 heavy (non-hydrogen) atoms. The number of unbranched alkanes of at least 4 members (excludes halogenated alkanes) is 2. The lowest BCUT2D eigenvalue weighted by molar-refractivity contribution is -0.148. The number of cyclic esters (lactones) is 1. The number of amides is 2. The lowest BCUT2D eigenvalue weighted by Gasteiger charge is -2.52. The summed E-state index contributed by atoms with van der Waals surface area (Å²) < 4.78 is 13.0. The van der Waals surface area contributed by atoms with Crippen molar-refractivity contribution in [2.45, 2.75) is 143 Å². The number of aromatic nitrogens is 2. The van der Waals surface area contributed by atoms with Crippen molar-refractivity contribution in [1.29, 1.82) is 0 Å². The summed E-state index contributed by atoms with van der Waals surface area (Å²) in [6.07, 6.45) is 12.4. The second kappa shape index (κ2) is 21.9. The number of carboxylic acids is 1. The van der Waals surface area contributed by atoms with E-state index in [4.69, 9.17) is 24.4 Å². The summed E-state index contributed by atoms with van der Waals surface area (Å²) in [6, 6.07) is 16.5. The van der Waals surface area contributed by atoms with Gasteiger partial charge in [-0.1, -0.05) is 44.9 Å². The topological polar surface area (TPSA) is 186 Å². The molecule has 3 fully saturated rings. The number of hydrogen-bond donors (Lipinski definition) is 1. The van der Waals surface area contributed by atoms with E-state index in [0.717, 1.165) is 110 Å². The van der Waals surface area contributed by atoms with E-state index in [2.05, 4.69) is 50.1 Å². The number of aliphatic carboxylic acids is 1. The Labute approximate surface area is 450 Å². The van der Waals surface area contributed by atoms with Gasteiger partial charge in [0.25, 0.3) is 11.5 Å². The molecule has 15 heteroatoms. The molecule has 1 N–H and O–H groups in total. The van der Waals surface area contributed by atoms with Crippen LogP contribution < -0.4 is 15.2 Å². The number of aryl methyl sites for hydroxylation is 1. The molecule has 4 aromatic rings. The van der Waals surface area contributed by atoms with E-state index in [-0.39, 0.29) is 47.1 Å². The highest BCUT2D eigenvalue weighted by Crippen LogP contribution is 2.65. The van der Waals surface area contributed by atoms with Crippen molar-refractivity contribution in [3.8, 4) is 17.1 Å². The summed E-state index contributed by atoms with van der Waals surface area (Å²) in [7, 11) is 2.13. The third kappa shape index (κ3) is 10.1. The van der Waals surface area contributed by atoms with Gasteiger partial charge in [-0.2, -0.15) is 0 Å². The Hall–Kier alpha value is -6.90. The molecule has 6 atom stereocenters. The average Bonchev–Trinajstić information content (AvgIpc) is 4.17. The summed E-state index contributed by atoms with van der Waals surface area (Å²) in [5.74, 6) is 0.863. The normalized spacial score (nSPS) is 24.0. The maximum atomic E-state index is 13.7. The molecule has 2 aromatic heterocycles. The number of nitrogens with zero attached hydrogens (tertiary/aromatic N) is 5. The van der Waals surface area contributed by atoms with E-state index in [1.165, 1.54) is 16.7 Å². The van der Waals surface area contributed by atoms with Gasteiger partial charge in [0, 0.05) is 88.0 Å². The van der Waals surface area contributed by atoms with Crippen LogP contribution in [-0.4, -0.2) is 99.7 Å². The quantitative estimate of drug-likeness (QED) is 0.0922. The number of carbonyl (C=O) groups excluding carboxylic acids is 5. The molecule has 0 bridgehead atoms. The smallest absolute Gasteiger partial charge is 0.415 e. The summed E-state index contributed by atoms with van der Waals surface area (Å²) in [5.41, 5.74) is 12.0. The van der Waals surface area contributed by atoms with Crippen molar-refractivity contribution in [1.82, 2.24) is 19.4 Å². The third-order valence-corrected chi connectivity index (χ3v) is 18.4. The van der Waals surface area contributed by atoms with Gasteiger partial charge in [0.15, 0.2) is 5.78 Å². The Bertz CT molecular complexity index is 3180. The summed E-state index contributed by atoms with van der Waals surface area (Å²) in [6.45, 7) is 12.2. The Balaban J connectivity index is 0.00000163. The molecular formula is C62H73N5O10. The van der Waals surface area contributed by atoms with Gasteiger partial charge < -0.3 is 33.8 Å². The van der Waals surface area contributed by atoms with Crippen molar-refractivity contribution in [3.63, 3.8) is 0 Å². The molecule has 6 unspecified atom stereocenters. The third-order valence-electron chi connectivity index (χ3n) is 18.4. The number of rotatable bonds is 12. The van der Waals surface area contributed by atoms with E-state index in [0.29, 0.717) is 93.0 Å². The number of Topliss-reactive ketones (excluding diaryl/α,β-unsaturated/α-hetero) is 1. The van der Waals surface area contributed by atoms with Crippen LogP contribution >= 0.6 is 0 Å². The first-order valence-electron chi connectivity index (χ1n) is 28.1. The standard InChI is InChI=1S/C60H69N5O8.C2H4O2/c1-6-41-46-30-40(18-23-52(46)61-56-48(41)33-65-53(56)31-45-42(7-2)58(70)72-34-49(45)57(65)69)73-59(71)64-27-25-63(26-28-64)54(68)11-9-8-10-24-62(5)38-15-12-36(13-16-38)47-32-60(4)50(35(3)66)21-22-51(60)44-19-14-37-29-39(67)17-20-43(37)55(44)47;1-2(3)4/h12-13,15-16,18,23,29-31,42,44,47,50-51H,6-11,14,17,19-22,24-28,32-34H2,1-5H3;1H3,(H,3,4). The fourth-order valence-electron chi connectivity index (χ4n) is 14.6. The number of carbonyl (C=O) groups is 6. The van der Waals surface area contributed by atoms with Crippen LogP contribution in [0.1, 0.15) is 151 Å². The van der Waals surface area contributed by atoms with Crippen molar-refractivity contribution in [2.24, 2.45) is 23.2 Å². The predicted molar refractivity (Wildman–Crippen MR) is 293 cm³/mol. The Morgan fingerprint density at radius 3 is 2.34 bits per heavy atom. The highest BCUT2D eigenvalue weighted by Gasteiger charge is 2.57. The number of benzene rings is 2. The summed E-state index contributed by atoms with van der Waals surface area (Å²) in [4.78, 5) is 98.4. The molecule has 4 aliphatic carbocycles. The highest BCUT2D eigenvalue weighted by molar-refractivity contribution is 5.93. The lowest BCUT2D eigenvalue weighted by atomic mass is 9.51. The number of carboxylic acid groups (broad SMARTS) is 1. The Kier molecular flexibility index (Phi) is 15.2. The number of piperazine rings is 1. The van der Waals surface area contributed by atoms with Crippen LogP contribution in [-0.2, 0) is 48.3 Å². The van der Waals surface area contributed by atoms with Gasteiger partial charge in [-0.25, -0.2) is 9.78 Å². The highest BCUT2D eigenvalue weighted by atomic mass is 16.6. The number of ketones is 2. The van der Waals surface area contributed by atoms with E-state index < -0.39 is 18.0 Å². The van der Waals surface area contributed by atoms with Gasteiger partial charge in [0.05, 0.1) is 34.9 Å². The zero-order valence-corrected chi connectivity index (χ0v) is 45.6. The van der Waals surface area contributed by atoms with Crippen LogP contribution in [0.3, 0.4) is 0 Å². The predicted octanol–water partition coefficient (Wildman–Crippen LogP) is 10.1. The van der Waals surface area contributed by atoms with Gasteiger partial charge in [-0.15, -0.1) is 0 Å². The Morgan fingerprint density at radius 1 is 0.883 bits per heavy atom. The number of anilines is 1. The molecule has 1 saturated heterocycles. The van der Waals surface area contributed by atoms with Crippen molar-refractivity contribution >= 4 is 52.1 Å². The number of allylic oxidation sites excluding steroid dienone is 4. The first-order chi connectivity index (χ1) is 37.0. The first-order valence-corrected chi connectivity index (χ1v) is 28.1. The summed E-state index contributed by atoms with van der Waals surface area (Å²) >= 11 is 0. The van der Waals surface area contributed by atoms with Crippen LogP contribution in [0, 0.1) is 23.2 Å². The fourth-order valence-corrected chi connectivity index (χ4v) is 14.6. The van der Waals surface area contributed by atoms with Crippen molar-refractivity contribution < 1.29 is 43.3 Å². The molecule has 7 aliphatic rings. The van der Waals surface area contributed by atoms with Crippen LogP contribution in [0.4, 0.5) is 10.5 Å². The zero-order chi connectivity index (χ0) is 54.4. The molecule has 0 spiro atoms. The minimum atomic E-state index is -0.833. The second-order valence-corrected chi connectivity index (χ2v) is 22.8. The number of pyridine rings is 2. The van der Waals surface area contributed by atoms with Crippen LogP contribution in [0.5, 0.6) is 5.75 Å². The van der Waals surface area contributed by atoms with Crippen LogP contribution in [0.15, 0.2) is 76.1 Å². The molecule has 2 saturated carbocycles. The number of ether oxygens (including phenoxy) is 2. The van der Waals surface area contributed by atoms with Gasteiger partial charge in [-0.3, -0.25) is 28.8 Å². The molecule has 2 amide bonds. The van der Waals surface area contributed by atoms with Crippen molar-refractivity contribution in [2.75, 3.05) is 44.7 Å². The van der Waals surface area contributed by atoms with Gasteiger partial charge in [0.2, 0.25) is 5.91 Å². The molecule has 5 heterocycles. The zero-order valence-electron chi connectivity index (χ0n) is 45.6. The monoisotopic (exact) mass is 1050 g/mol. The van der Waals surface area contributed by atoms with Crippen molar-refractivity contribution in [3.05, 3.63) is 109 Å². The van der Waals surface area contributed by atoms with Crippen LogP contribution in [0.2, 0.25) is 0 Å². The number of hydrogen-bond acceptors (Lipinski definition) is 11. The second-order valence-electron chi connectivity index (χ2n) is 22.8. The minimum absolute atomic E-state index is 0.0136. The fraction of sp³-hybridized carbons (Fsp3) is 0.516. The van der Waals surface area contributed by atoms with Gasteiger partial charge >= 0.3 is 12.1 Å². The molecule has 11 rings (SSSR count). The van der Waals surface area contributed by atoms with E-state index in [1.54, 1.807) is 28.0 Å². The van der Waals surface area contributed by atoms with Crippen LogP contribution in [0.25, 0.3) is 22.3 Å². The maximum Gasteiger partial charge on any atom is 0.415 e. The maximum absolute atomic E-state index is 13.7. The number of fused-ring (bicyclic) bond motifs is 9. The number of esters is 1. The molecule has 15 nitrogen and oxygen atoms in total. The summed E-state index contributed by atoms with van der Waals surface area (Å²) in [5, 5.41) is 8.28. The van der Waals surface area contributed by atoms with Gasteiger partial charge in [0.1, 0.15) is 18.1 Å². The average molecular weight is 1050 g/mol. The molecule has 0 radical (unpaired) electrons. The first kappa shape index (κ1) is 53.5. The van der Waals surface area contributed by atoms with E-state index in [9.17, 15) is 28.8 Å². The van der Waals surface area contributed by atoms with E-state index >= 15 is 0 Å². The van der Waals surface area contributed by atoms with Gasteiger partial charge in [-0.05, 0) is 159 Å². The molecule has 406 valence electrons. The molecule has 3 aliphatic heterocycles. The molecular weight excluding hydrogens is 975 g/mol. The molecule has 2 aromatic carbocycles. The SMILES string of the molecule is CC(=O)O.CCc1c2c(nc3ccc(OC(=O)N4CCN(C(=O)CCCCCN(C)c5ccc(C6CC7(C)C(C(C)=O)CCC7C7CCC8=CC(=O)CCC8=C67)cc5)CC4)cc13)-c1cc3c(c(=O)n1C2)COC(=O)C3CC. The lowest BCUT2D eigenvalue weighted by Crippen LogP contribution is -2.51. The minimum Gasteiger partial charge on any atom is -0.481 e. The van der Waals surface area contributed by atoms with E-state index in [1.807, 2.05) is 36.1 Å². The largest absolute Gasteiger partial charge is 0.481 e.